The van der Waals surface area contributed by atoms with Gasteiger partial charge in [-0.3, -0.25) is 19.2 Å². The van der Waals surface area contributed by atoms with Crippen LogP contribution in [-0.4, -0.2) is 52.8 Å². The number of hydrogen-bond donors (Lipinski definition) is 5. The molecule has 3 aliphatic rings. The van der Waals surface area contributed by atoms with Gasteiger partial charge in [-0.25, -0.2) is 0 Å². The number of anilines is 1. The molecule has 10 heteroatoms. The topological polar surface area (TPSA) is 170 Å². The standard InChI is InChI=1S/C24H27N3O7/c1-9(28)26-8-12-6-14(27(2)3)13-5-10-4-11-7-15(29)19(24(25)34)23(33)17(11)21(31)16(10)22(32)18(13)20(12)30/h6,10-11,17,29-31H,4-5,7-8H2,1-3H3,(H2,25,34)(H,26,28)/t10-,11?,17?/m1/s1. The van der Waals surface area contributed by atoms with E-state index in [-0.39, 0.29) is 35.8 Å². The van der Waals surface area contributed by atoms with E-state index in [0.717, 1.165) is 0 Å². The van der Waals surface area contributed by atoms with Gasteiger partial charge in [0.05, 0.1) is 11.5 Å². The highest BCUT2D eigenvalue weighted by Gasteiger charge is 2.50. The molecule has 10 nitrogen and oxygen atoms in total. The van der Waals surface area contributed by atoms with E-state index in [1.807, 2.05) is 0 Å². The number of nitrogens with zero attached hydrogens (tertiary/aromatic N) is 1. The summed E-state index contributed by atoms with van der Waals surface area (Å²) in [5.41, 5.74) is 6.42. The van der Waals surface area contributed by atoms with Gasteiger partial charge in [0.25, 0.3) is 5.91 Å². The Morgan fingerprint density at radius 1 is 1.18 bits per heavy atom. The lowest BCUT2D eigenvalue weighted by Crippen LogP contribution is -2.43. The van der Waals surface area contributed by atoms with Gasteiger partial charge in [-0.1, -0.05) is 0 Å². The zero-order valence-corrected chi connectivity index (χ0v) is 19.1. The molecule has 1 aromatic carbocycles. The Morgan fingerprint density at radius 2 is 1.85 bits per heavy atom. The summed E-state index contributed by atoms with van der Waals surface area (Å²) < 4.78 is 0. The fourth-order valence-corrected chi connectivity index (χ4v) is 5.50. The second-order valence-electron chi connectivity index (χ2n) is 9.32. The summed E-state index contributed by atoms with van der Waals surface area (Å²) in [6.07, 6.45) is 0.649. The number of Topliss-reactive ketones (excluding diaryl/α,β-unsaturated/α-hetero) is 2. The van der Waals surface area contributed by atoms with Crippen LogP contribution in [0.4, 0.5) is 5.69 Å². The zero-order valence-electron chi connectivity index (χ0n) is 19.1. The van der Waals surface area contributed by atoms with Crippen molar-refractivity contribution < 1.29 is 34.5 Å². The number of hydrogen-bond acceptors (Lipinski definition) is 8. The van der Waals surface area contributed by atoms with E-state index >= 15 is 0 Å². The molecule has 0 aliphatic heterocycles. The lowest BCUT2D eigenvalue weighted by Gasteiger charge is -2.41. The third kappa shape index (κ3) is 3.49. The molecule has 3 aliphatic carbocycles. The van der Waals surface area contributed by atoms with E-state index in [9.17, 15) is 34.5 Å². The van der Waals surface area contributed by atoms with E-state index < -0.39 is 52.3 Å². The molecule has 0 fully saturated rings. The first-order chi connectivity index (χ1) is 15.9. The molecular formula is C24H27N3O7. The molecule has 3 atom stereocenters. The van der Waals surface area contributed by atoms with Crippen LogP contribution in [0.3, 0.4) is 0 Å². The highest BCUT2D eigenvalue weighted by molar-refractivity contribution is 6.22. The minimum atomic E-state index is -1.16. The Kier molecular flexibility index (Phi) is 5.63. The third-order valence-electron chi connectivity index (χ3n) is 6.95. The van der Waals surface area contributed by atoms with Crippen LogP contribution in [0, 0.1) is 17.8 Å². The first-order valence-electron chi connectivity index (χ1n) is 11.0. The van der Waals surface area contributed by atoms with E-state index in [1.165, 1.54) is 6.92 Å². The van der Waals surface area contributed by atoms with Gasteiger partial charge in [-0.15, -0.1) is 0 Å². The van der Waals surface area contributed by atoms with Gasteiger partial charge in [0.1, 0.15) is 22.8 Å². The van der Waals surface area contributed by atoms with Crippen LogP contribution in [-0.2, 0) is 27.3 Å². The molecular weight excluding hydrogens is 442 g/mol. The van der Waals surface area contributed by atoms with Gasteiger partial charge >= 0.3 is 0 Å². The van der Waals surface area contributed by atoms with Crippen molar-refractivity contribution in [3.05, 3.63) is 45.4 Å². The van der Waals surface area contributed by atoms with Crippen LogP contribution < -0.4 is 16.0 Å². The van der Waals surface area contributed by atoms with Gasteiger partial charge < -0.3 is 31.3 Å². The number of aliphatic hydroxyl groups is 2. The number of nitrogens with one attached hydrogen (secondary N) is 1. The number of phenols is 1. The van der Waals surface area contributed by atoms with Crippen molar-refractivity contribution in [2.24, 2.45) is 23.5 Å². The smallest absolute Gasteiger partial charge is 0.255 e. The predicted molar refractivity (Wildman–Crippen MR) is 121 cm³/mol. The summed E-state index contributed by atoms with van der Waals surface area (Å²) >= 11 is 0. The Bertz CT molecular complexity index is 1210. The van der Waals surface area contributed by atoms with Crippen molar-refractivity contribution in [2.45, 2.75) is 32.7 Å². The Labute approximate surface area is 195 Å². The molecule has 0 radical (unpaired) electrons. The number of aliphatic hydroxyl groups excluding tert-OH is 2. The van der Waals surface area contributed by atoms with Gasteiger partial charge in [-0.05, 0) is 36.3 Å². The average Bonchev–Trinajstić information content (AvgIpc) is 2.71. The molecule has 1 aromatic rings. The summed E-state index contributed by atoms with van der Waals surface area (Å²) in [6, 6.07) is 1.72. The van der Waals surface area contributed by atoms with Crippen molar-refractivity contribution >= 4 is 29.1 Å². The fourth-order valence-electron chi connectivity index (χ4n) is 5.50. The van der Waals surface area contributed by atoms with Gasteiger partial charge in [0.15, 0.2) is 11.6 Å². The van der Waals surface area contributed by atoms with E-state index in [1.54, 1.807) is 25.1 Å². The first-order valence-corrected chi connectivity index (χ1v) is 11.0. The Morgan fingerprint density at radius 3 is 2.44 bits per heavy atom. The summed E-state index contributed by atoms with van der Waals surface area (Å²) in [5.74, 6) is -5.99. The summed E-state index contributed by atoms with van der Waals surface area (Å²) in [4.78, 5) is 51.5. The lowest BCUT2D eigenvalue weighted by atomic mass is 9.62. The minimum Gasteiger partial charge on any atom is -0.511 e. The number of primary amides is 1. The van der Waals surface area contributed by atoms with Crippen molar-refractivity contribution in [3.63, 3.8) is 0 Å². The molecule has 0 saturated heterocycles. The summed E-state index contributed by atoms with van der Waals surface area (Å²) in [6.45, 7) is 1.35. The molecule has 0 heterocycles. The largest absolute Gasteiger partial charge is 0.511 e. The number of nitrogens with two attached hydrogens (primary N) is 1. The van der Waals surface area contributed by atoms with Crippen LogP contribution in [0.1, 0.15) is 41.3 Å². The van der Waals surface area contributed by atoms with E-state index in [4.69, 9.17) is 5.73 Å². The number of ketones is 2. The minimum absolute atomic E-state index is 0.00620. The fraction of sp³-hybridized carbons (Fsp3) is 0.417. The maximum absolute atomic E-state index is 13.7. The number of allylic oxidation sites excluding steroid dienone is 3. The first kappa shape index (κ1) is 23.3. The number of carbonyl (C=O) groups is 4. The Balaban J connectivity index is 1.86. The SMILES string of the molecule is CC(=O)NCc1cc(N(C)C)c2c(c1O)C(=O)C1=C(O)C3C(=O)C(C(N)=O)=C(O)CC3C[C@@H]1C2. The Hall–Kier alpha value is -3.82. The number of amides is 2. The maximum Gasteiger partial charge on any atom is 0.255 e. The average molecular weight is 469 g/mol. The highest BCUT2D eigenvalue weighted by Crippen LogP contribution is 2.51. The second kappa shape index (κ2) is 8.19. The number of carbonyl (C=O) groups excluding carboxylic acids is 4. The molecule has 0 saturated carbocycles. The summed E-state index contributed by atoms with van der Waals surface area (Å²) in [5, 5.41) is 34.9. The molecule has 4 rings (SSSR count). The monoisotopic (exact) mass is 469 g/mol. The number of benzene rings is 1. The molecule has 180 valence electrons. The van der Waals surface area contributed by atoms with Crippen molar-refractivity contribution in [1.29, 1.82) is 0 Å². The molecule has 0 bridgehead atoms. The number of rotatable bonds is 4. The van der Waals surface area contributed by atoms with Gasteiger partial charge in [0, 0.05) is 50.8 Å². The third-order valence-corrected chi connectivity index (χ3v) is 6.95. The zero-order chi connectivity index (χ0) is 25.1. The molecule has 2 amide bonds. The second-order valence-corrected chi connectivity index (χ2v) is 9.32. The number of fused-ring (bicyclic) bond motifs is 3. The number of phenolic OH excluding ortho intramolecular Hbond substituents is 1. The molecule has 0 aromatic heterocycles. The molecule has 0 spiro atoms. The van der Waals surface area contributed by atoms with Crippen LogP contribution in [0.15, 0.2) is 28.7 Å². The van der Waals surface area contributed by atoms with Crippen LogP contribution in [0.2, 0.25) is 0 Å². The van der Waals surface area contributed by atoms with E-state index in [0.29, 0.717) is 29.7 Å². The van der Waals surface area contributed by atoms with Crippen molar-refractivity contribution in [2.75, 3.05) is 19.0 Å². The predicted octanol–water partition coefficient (Wildman–Crippen LogP) is 1.17. The molecule has 34 heavy (non-hydrogen) atoms. The van der Waals surface area contributed by atoms with E-state index in [2.05, 4.69) is 5.32 Å². The lowest BCUT2D eigenvalue weighted by molar-refractivity contribution is -0.126. The van der Waals surface area contributed by atoms with Gasteiger partial charge in [-0.2, -0.15) is 0 Å². The van der Waals surface area contributed by atoms with Crippen LogP contribution in [0.25, 0.3) is 0 Å². The van der Waals surface area contributed by atoms with Crippen molar-refractivity contribution in [1.82, 2.24) is 5.32 Å². The van der Waals surface area contributed by atoms with Crippen molar-refractivity contribution in [3.8, 4) is 5.75 Å². The van der Waals surface area contributed by atoms with Crippen LogP contribution >= 0.6 is 0 Å². The molecule has 6 N–H and O–H groups in total. The summed E-state index contributed by atoms with van der Waals surface area (Å²) in [7, 11) is 3.60. The highest BCUT2D eigenvalue weighted by atomic mass is 16.3. The number of aromatic hydroxyl groups is 1. The quantitative estimate of drug-likeness (QED) is 0.409. The molecule has 2 unspecified atom stereocenters. The normalized spacial score (nSPS) is 23.8. The van der Waals surface area contributed by atoms with Gasteiger partial charge in [0.2, 0.25) is 5.91 Å². The maximum atomic E-state index is 13.7. The van der Waals surface area contributed by atoms with Crippen LogP contribution in [0.5, 0.6) is 5.75 Å².